The Morgan fingerprint density at radius 1 is 0.625 bits per heavy atom. The molecule has 0 aromatic rings. The van der Waals surface area contributed by atoms with Gasteiger partial charge < -0.3 is 0 Å². The third kappa shape index (κ3) is 15.7. The Bertz CT molecular complexity index is 151. The largest absolute Gasteiger partial charge is 0.0928 e. The molecule has 0 aliphatic heterocycles. The molecular weight excluding hydrogens is 350 g/mol. The highest BCUT2D eigenvalue weighted by Crippen LogP contribution is 2.63. The second kappa shape index (κ2) is 11.8. The molecule has 16 heavy (non-hydrogen) atoms. The highest BCUT2D eigenvalue weighted by Gasteiger charge is 2.11. The molecule has 0 bridgehead atoms. The number of halogens is 4. The average Bonchev–Trinajstić information content (AvgIpc) is 2.19. The third-order valence-electron chi connectivity index (χ3n) is 2.51. The van der Waals surface area contributed by atoms with Gasteiger partial charge in [-0.15, -0.1) is 0 Å². The fourth-order valence-electron chi connectivity index (χ4n) is 1.60. The van der Waals surface area contributed by atoms with Crippen molar-refractivity contribution in [3.8, 4) is 0 Å². The van der Waals surface area contributed by atoms with Gasteiger partial charge in [0, 0.05) is 11.1 Å². The zero-order valence-electron chi connectivity index (χ0n) is 9.70. The normalized spacial score (nSPS) is 13.0. The van der Waals surface area contributed by atoms with Crippen molar-refractivity contribution in [1.82, 2.24) is 0 Å². The van der Waals surface area contributed by atoms with Crippen molar-refractivity contribution in [3.05, 3.63) is 0 Å². The van der Waals surface area contributed by atoms with E-state index in [0.29, 0.717) is 0 Å². The number of alkyl halides is 1. The third-order valence-corrected chi connectivity index (χ3v) is 5.21. The molecule has 0 spiro atoms. The highest BCUT2D eigenvalue weighted by atomic mass is 79.9. The van der Waals surface area contributed by atoms with Gasteiger partial charge in [0.2, 0.25) is 0 Å². The van der Waals surface area contributed by atoms with E-state index in [-0.39, 0.29) is 0 Å². The first-order valence-corrected chi connectivity index (χ1v) is 11.4. The topological polar surface area (TPSA) is 0 Å². The van der Waals surface area contributed by atoms with E-state index in [9.17, 15) is 0 Å². The van der Waals surface area contributed by atoms with Crippen LogP contribution in [0.3, 0.4) is 0 Å². The van der Waals surface area contributed by atoms with Gasteiger partial charge in [0.15, 0.2) is 0 Å². The Morgan fingerprint density at radius 3 is 1.38 bits per heavy atom. The summed E-state index contributed by atoms with van der Waals surface area (Å²) in [7, 11) is 15.4. The van der Waals surface area contributed by atoms with Crippen LogP contribution >= 0.6 is 55.6 Å². The van der Waals surface area contributed by atoms with Crippen molar-refractivity contribution in [3.63, 3.8) is 0 Å². The first-order chi connectivity index (χ1) is 7.56. The minimum Gasteiger partial charge on any atom is -0.0928 e. The van der Waals surface area contributed by atoms with E-state index in [0.717, 1.165) is 17.5 Å². The van der Waals surface area contributed by atoms with Crippen molar-refractivity contribution in [2.75, 3.05) is 11.1 Å². The number of unbranched alkanes of at least 4 members (excludes halogenated alkanes) is 8. The van der Waals surface area contributed by atoms with Gasteiger partial charge in [-0.2, -0.15) is 0 Å². The molecule has 0 N–H and O–H groups in total. The van der Waals surface area contributed by atoms with Gasteiger partial charge in [-0.3, -0.25) is 0 Å². The van der Waals surface area contributed by atoms with Gasteiger partial charge in [0.25, 0.3) is 0 Å². The molecule has 0 unspecified atom stereocenters. The van der Waals surface area contributed by atoms with Crippen LogP contribution in [-0.2, 0) is 0 Å². The summed E-state index contributed by atoms with van der Waals surface area (Å²) in [5.74, 6) is 0.767. The summed E-state index contributed by atoms with van der Waals surface area (Å²) in [6.45, 7) is 0. The van der Waals surface area contributed by atoms with Gasteiger partial charge in [-0.1, -0.05) is 60.9 Å². The first kappa shape index (κ1) is 17.7. The Balaban J connectivity index is 2.99. The molecule has 0 radical (unpaired) electrons. The first-order valence-electron chi connectivity index (χ1n) is 6.02. The monoisotopic (exact) mass is 370 g/mol. The van der Waals surface area contributed by atoms with Crippen LogP contribution in [0.1, 0.15) is 57.8 Å². The van der Waals surface area contributed by atoms with Crippen molar-refractivity contribution in [2.24, 2.45) is 0 Å². The number of hydrogen-bond donors (Lipinski definition) is 0. The summed E-state index contributed by atoms with van der Waals surface area (Å²) in [4.78, 5) is 0. The van der Waals surface area contributed by atoms with Gasteiger partial charge in [-0.05, 0) is 52.6 Å². The van der Waals surface area contributed by atoms with E-state index in [1.807, 2.05) is 0 Å². The fraction of sp³-hybridized carbons (Fsp3) is 1.00. The smallest absolute Gasteiger partial charge is 0.0164 e. The predicted molar refractivity (Wildman–Crippen MR) is 85.4 cm³/mol. The maximum atomic E-state index is 5.75. The van der Waals surface area contributed by atoms with Crippen LogP contribution in [0.4, 0.5) is 0 Å². The molecule has 0 rings (SSSR count). The molecule has 5 heteroatoms. The summed E-state index contributed by atoms with van der Waals surface area (Å²) < 4.78 is 0. The second-order valence-corrected chi connectivity index (χ2v) is 12.4. The zero-order valence-corrected chi connectivity index (χ0v) is 14.4. The van der Waals surface area contributed by atoms with Crippen LogP contribution in [0.5, 0.6) is 0 Å². The summed E-state index contributed by atoms with van der Waals surface area (Å²) in [5, 5.41) is 1.15. The zero-order chi connectivity index (χ0) is 12.3. The highest BCUT2D eigenvalue weighted by molar-refractivity contribution is 9.09. The van der Waals surface area contributed by atoms with E-state index < -0.39 is 7.67 Å². The molecular formula is C11H22BrCl3S. The molecule has 100 valence electrons. The molecule has 0 aliphatic carbocycles. The van der Waals surface area contributed by atoms with E-state index >= 15 is 0 Å². The lowest BCUT2D eigenvalue weighted by molar-refractivity contribution is 0.574. The van der Waals surface area contributed by atoms with Crippen LogP contribution < -0.4 is 0 Å². The molecule has 0 aromatic heterocycles. The Hall–Kier alpha value is 1.70. The van der Waals surface area contributed by atoms with Crippen LogP contribution in [0.2, 0.25) is 0 Å². The van der Waals surface area contributed by atoms with Crippen LogP contribution in [0.15, 0.2) is 0 Å². The molecule has 0 nitrogen and oxygen atoms in total. The van der Waals surface area contributed by atoms with Crippen molar-refractivity contribution >= 4 is 55.6 Å². The van der Waals surface area contributed by atoms with Crippen LogP contribution in [0, 0.1) is 0 Å². The minimum absolute atomic E-state index is 0.767. The molecule has 0 aromatic carbocycles. The van der Waals surface area contributed by atoms with E-state index in [1.54, 1.807) is 0 Å². The minimum atomic E-state index is -1.82. The van der Waals surface area contributed by atoms with Crippen molar-refractivity contribution in [2.45, 2.75) is 57.8 Å². The second-order valence-electron chi connectivity index (χ2n) is 4.08. The van der Waals surface area contributed by atoms with Crippen LogP contribution in [0.25, 0.3) is 0 Å². The van der Waals surface area contributed by atoms with Crippen molar-refractivity contribution < 1.29 is 0 Å². The van der Waals surface area contributed by atoms with Crippen molar-refractivity contribution in [1.29, 1.82) is 0 Å². The molecule has 0 amide bonds. The Labute approximate surface area is 124 Å². The Morgan fingerprint density at radius 2 is 1.00 bits per heavy atom. The average molecular weight is 373 g/mol. The molecule has 0 saturated carbocycles. The summed E-state index contributed by atoms with van der Waals surface area (Å²) in [6.07, 6.45) is 11.7. The van der Waals surface area contributed by atoms with E-state index in [1.165, 1.54) is 51.4 Å². The standard InChI is InChI=1S/C11H22BrCl3S/c12-10-8-6-4-2-1-3-5-7-9-11-16(13,14)15/h1-11H2. The summed E-state index contributed by atoms with van der Waals surface area (Å²) in [5.41, 5.74) is 0. The summed E-state index contributed by atoms with van der Waals surface area (Å²) >= 11 is 3.45. The summed E-state index contributed by atoms with van der Waals surface area (Å²) in [6, 6.07) is 0. The quantitative estimate of drug-likeness (QED) is 0.267. The fourth-order valence-corrected chi connectivity index (χ4v) is 3.51. The van der Waals surface area contributed by atoms with Gasteiger partial charge in [0.1, 0.15) is 0 Å². The lowest BCUT2D eigenvalue weighted by Gasteiger charge is -2.14. The lowest BCUT2D eigenvalue weighted by Crippen LogP contribution is -1.86. The molecule has 0 saturated heterocycles. The van der Waals surface area contributed by atoms with E-state index in [2.05, 4.69) is 15.9 Å². The van der Waals surface area contributed by atoms with Gasteiger partial charge in [-0.25, -0.2) is 0 Å². The number of rotatable bonds is 11. The van der Waals surface area contributed by atoms with Gasteiger partial charge >= 0.3 is 0 Å². The maximum Gasteiger partial charge on any atom is 0.0164 e. The van der Waals surface area contributed by atoms with Crippen LogP contribution in [-0.4, -0.2) is 11.1 Å². The lowest BCUT2D eigenvalue weighted by atomic mass is 10.1. The molecule has 0 aliphatic rings. The Kier molecular flexibility index (Phi) is 13.0. The molecule has 0 atom stereocenters. The maximum absolute atomic E-state index is 5.75. The van der Waals surface area contributed by atoms with Gasteiger partial charge in [0.05, 0.1) is 0 Å². The predicted octanol–water partition coefficient (Wildman–Crippen LogP) is 7.16. The SMILES string of the molecule is ClS(Cl)(Cl)CCCCCCCCCCCBr. The van der Waals surface area contributed by atoms with E-state index in [4.69, 9.17) is 32.0 Å². The molecule has 0 heterocycles. The number of hydrogen-bond acceptors (Lipinski definition) is 0. The molecule has 0 fully saturated rings.